The van der Waals surface area contributed by atoms with E-state index in [0.29, 0.717) is 18.6 Å². The van der Waals surface area contributed by atoms with Gasteiger partial charge in [-0.2, -0.15) is 17.6 Å². The molecule has 0 radical (unpaired) electrons. The number of halogens is 8. The fourth-order valence-electron chi connectivity index (χ4n) is 2.33. The van der Waals surface area contributed by atoms with Gasteiger partial charge >= 0.3 is 12.7 Å². The molecule has 148 valence electrons. The lowest BCUT2D eigenvalue weighted by Crippen LogP contribution is -2.25. The molecule has 0 N–H and O–H groups in total. The summed E-state index contributed by atoms with van der Waals surface area (Å²) in [5, 5.41) is 0. The molecule has 2 aromatic rings. The first-order chi connectivity index (χ1) is 12.5. The number of hydrogen-bond donors (Lipinski definition) is 0. The highest BCUT2D eigenvalue weighted by atomic mass is 19.3. The maximum Gasteiger partial charge on any atom is 0.432 e. The molecular formula is C17H12F8O2. The van der Waals surface area contributed by atoms with E-state index in [4.69, 9.17) is 0 Å². The Morgan fingerprint density at radius 3 is 1.85 bits per heavy atom. The predicted molar refractivity (Wildman–Crippen MR) is 77.9 cm³/mol. The van der Waals surface area contributed by atoms with E-state index in [-0.39, 0.29) is 24.1 Å². The summed E-state index contributed by atoms with van der Waals surface area (Å²) in [5.74, 6) is -9.44. The van der Waals surface area contributed by atoms with Gasteiger partial charge in [0.15, 0.2) is 17.4 Å². The molecular weight excluding hydrogens is 388 g/mol. The second-order valence-corrected chi connectivity index (χ2v) is 5.40. The van der Waals surface area contributed by atoms with Crippen LogP contribution >= 0.6 is 0 Å². The Bertz CT molecular complexity index is 777. The van der Waals surface area contributed by atoms with Gasteiger partial charge in [0, 0.05) is 12.1 Å². The van der Waals surface area contributed by atoms with E-state index in [1.807, 2.05) is 0 Å². The van der Waals surface area contributed by atoms with E-state index in [1.54, 1.807) is 6.92 Å². The third-order valence-electron chi connectivity index (χ3n) is 3.36. The Kier molecular flexibility index (Phi) is 6.17. The summed E-state index contributed by atoms with van der Waals surface area (Å²) in [4.78, 5) is 0. The van der Waals surface area contributed by atoms with Gasteiger partial charge in [-0.15, -0.1) is 0 Å². The molecule has 0 saturated carbocycles. The fourth-order valence-corrected chi connectivity index (χ4v) is 2.33. The Hall–Kier alpha value is -2.52. The highest BCUT2D eigenvalue weighted by Crippen LogP contribution is 2.37. The average molecular weight is 400 g/mol. The molecule has 0 spiro atoms. The van der Waals surface area contributed by atoms with Crippen molar-refractivity contribution in [2.75, 3.05) is 0 Å². The summed E-state index contributed by atoms with van der Waals surface area (Å²) in [6.07, 6.45) is -3.89. The molecule has 0 amide bonds. The summed E-state index contributed by atoms with van der Waals surface area (Å²) < 4.78 is 115. The quantitative estimate of drug-likeness (QED) is 0.537. The minimum atomic E-state index is -4.64. The molecule has 0 aliphatic rings. The van der Waals surface area contributed by atoms with Gasteiger partial charge in [-0.05, 0) is 24.1 Å². The standard InChI is InChI=1S/C17H12F8O2/c1-2-3-8-4-10(18)14(11(19)5-8)17(24,25)27-9-6-12(20)15(13(21)7-9)26-16(22)23/h4-7,16H,2-3H2,1H3. The smallest absolute Gasteiger partial charge is 0.429 e. The van der Waals surface area contributed by atoms with Crippen molar-refractivity contribution < 1.29 is 44.6 Å². The SMILES string of the molecule is CCCc1cc(F)c(C(F)(F)Oc2cc(F)c(OC(F)F)c(F)c2)c(F)c1. The maximum atomic E-state index is 14.2. The zero-order chi connectivity index (χ0) is 20.4. The third kappa shape index (κ3) is 4.81. The molecule has 0 bridgehead atoms. The molecule has 0 aliphatic carbocycles. The van der Waals surface area contributed by atoms with Crippen LogP contribution in [0, 0.1) is 23.3 Å². The summed E-state index contributed by atoms with van der Waals surface area (Å²) in [6.45, 7) is -1.85. The van der Waals surface area contributed by atoms with Gasteiger partial charge in [0.25, 0.3) is 0 Å². The van der Waals surface area contributed by atoms with E-state index in [0.717, 1.165) is 0 Å². The van der Waals surface area contributed by atoms with Gasteiger partial charge in [-0.1, -0.05) is 13.3 Å². The number of rotatable bonds is 7. The van der Waals surface area contributed by atoms with Crippen LogP contribution in [0.5, 0.6) is 11.5 Å². The second kappa shape index (κ2) is 8.01. The van der Waals surface area contributed by atoms with E-state index in [9.17, 15) is 35.1 Å². The topological polar surface area (TPSA) is 18.5 Å². The van der Waals surface area contributed by atoms with Crippen LogP contribution in [-0.4, -0.2) is 6.61 Å². The van der Waals surface area contributed by atoms with Crippen LogP contribution in [0.25, 0.3) is 0 Å². The van der Waals surface area contributed by atoms with Gasteiger partial charge < -0.3 is 9.47 Å². The summed E-state index contributed by atoms with van der Waals surface area (Å²) in [6, 6.07) is 1.63. The lowest BCUT2D eigenvalue weighted by molar-refractivity contribution is -0.189. The molecule has 0 heterocycles. The summed E-state index contributed by atoms with van der Waals surface area (Å²) in [7, 11) is 0. The first kappa shape index (κ1) is 20.8. The first-order valence-corrected chi connectivity index (χ1v) is 7.54. The van der Waals surface area contributed by atoms with Gasteiger partial charge in [-0.3, -0.25) is 0 Å². The molecule has 2 rings (SSSR count). The van der Waals surface area contributed by atoms with Crippen molar-refractivity contribution in [1.29, 1.82) is 0 Å². The van der Waals surface area contributed by atoms with Crippen molar-refractivity contribution in [2.24, 2.45) is 0 Å². The summed E-state index contributed by atoms with van der Waals surface area (Å²) in [5.41, 5.74) is -1.62. The molecule has 10 heteroatoms. The number of hydrogen-bond acceptors (Lipinski definition) is 2. The van der Waals surface area contributed by atoms with Crippen LogP contribution in [0.2, 0.25) is 0 Å². The molecule has 2 aromatic carbocycles. The van der Waals surface area contributed by atoms with Crippen LogP contribution in [-0.2, 0) is 12.5 Å². The van der Waals surface area contributed by atoms with E-state index in [1.165, 1.54) is 0 Å². The normalized spacial score (nSPS) is 11.8. The van der Waals surface area contributed by atoms with Crippen molar-refractivity contribution in [2.45, 2.75) is 32.5 Å². The highest BCUT2D eigenvalue weighted by Gasteiger charge is 2.41. The monoisotopic (exact) mass is 400 g/mol. The van der Waals surface area contributed by atoms with Crippen molar-refractivity contribution in [1.82, 2.24) is 0 Å². The lowest BCUT2D eigenvalue weighted by Gasteiger charge is -2.20. The van der Waals surface area contributed by atoms with Crippen LogP contribution in [0.3, 0.4) is 0 Å². The van der Waals surface area contributed by atoms with Crippen LogP contribution < -0.4 is 9.47 Å². The second-order valence-electron chi connectivity index (χ2n) is 5.40. The molecule has 0 fully saturated rings. The van der Waals surface area contributed by atoms with Gasteiger partial charge in [0.1, 0.15) is 22.9 Å². The van der Waals surface area contributed by atoms with Crippen molar-refractivity contribution >= 4 is 0 Å². The third-order valence-corrected chi connectivity index (χ3v) is 3.36. The Labute approximate surface area is 148 Å². The van der Waals surface area contributed by atoms with Crippen LogP contribution in [0.4, 0.5) is 35.1 Å². The van der Waals surface area contributed by atoms with E-state index < -0.39 is 53.1 Å². The van der Waals surface area contributed by atoms with Crippen molar-refractivity contribution in [3.05, 3.63) is 58.7 Å². The van der Waals surface area contributed by atoms with Crippen molar-refractivity contribution in [3.63, 3.8) is 0 Å². The van der Waals surface area contributed by atoms with Crippen LogP contribution in [0.1, 0.15) is 24.5 Å². The number of alkyl halides is 4. The Morgan fingerprint density at radius 2 is 1.41 bits per heavy atom. The molecule has 0 saturated heterocycles. The Balaban J connectivity index is 2.36. The Morgan fingerprint density at radius 1 is 0.889 bits per heavy atom. The molecule has 0 aromatic heterocycles. The molecule has 0 aliphatic heterocycles. The number of ether oxygens (including phenoxy) is 2. The van der Waals surface area contributed by atoms with E-state index >= 15 is 0 Å². The van der Waals surface area contributed by atoms with Gasteiger partial charge in [-0.25, -0.2) is 17.6 Å². The minimum Gasteiger partial charge on any atom is -0.429 e. The molecule has 2 nitrogen and oxygen atoms in total. The number of aryl methyl sites for hydroxylation is 1. The lowest BCUT2D eigenvalue weighted by atomic mass is 10.1. The van der Waals surface area contributed by atoms with E-state index in [2.05, 4.69) is 9.47 Å². The average Bonchev–Trinajstić information content (AvgIpc) is 2.49. The van der Waals surface area contributed by atoms with Crippen molar-refractivity contribution in [3.8, 4) is 11.5 Å². The summed E-state index contributed by atoms with van der Waals surface area (Å²) >= 11 is 0. The molecule has 0 atom stereocenters. The zero-order valence-corrected chi connectivity index (χ0v) is 13.6. The molecule has 27 heavy (non-hydrogen) atoms. The van der Waals surface area contributed by atoms with Crippen LogP contribution in [0.15, 0.2) is 24.3 Å². The zero-order valence-electron chi connectivity index (χ0n) is 13.6. The molecule has 0 unspecified atom stereocenters. The predicted octanol–water partition coefficient (Wildman–Crippen LogP) is 5.93. The van der Waals surface area contributed by atoms with Gasteiger partial charge in [0.2, 0.25) is 0 Å². The van der Waals surface area contributed by atoms with Gasteiger partial charge in [0.05, 0.1) is 0 Å². The highest BCUT2D eigenvalue weighted by molar-refractivity contribution is 5.36. The number of benzene rings is 2. The fraction of sp³-hybridized carbons (Fsp3) is 0.294. The maximum absolute atomic E-state index is 14.2. The first-order valence-electron chi connectivity index (χ1n) is 7.54. The largest absolute Gasteiger partial charge is 0.432 e. The minimum absolute atomic E-state index is 0.121.